The Balaban J connectivity index is 6.06. The predicted molar refractivity (Wildman–Crippen MR) is 91.8 cm³/mol. The molecule has 0 aromatic carbocycles. The molecule has 0 radical (unpaired) electrons. The molecule has 0 aromatic rings. The van der Waals surface area contributed by atoms with E-state index in [4.69, 9.17) is 0 Å². The molecule has 36 heavy (non-hydrogen) atoms. The standard InChI is InChI=1S/C17H18ClF16NO/c1-2-3-4-5-6-7-8-35-9(36)10(19,20)11(21,22)12(23,24)13(25,26)14(27,28)15(29,30)16(31,32)17(18,33)34/h2-8H2,1H3,(H,35,36). The summed E-state index contributed by atoms with van der Waals surface area (Å²) in [6.45, 7) is 0.890. The average Bonchev–Trinajstić information content (AvgIpc) is 2.71. The van der Waals surface area contributed by atoms with Crippen LogP contribution in [0.1, 0.15) is 45.4 Å². The molecule has 1 amide bonds. The van der Waals surface area contributed by atoms with Crippen molar-refractivity contribution in [1.82, 2.24) is 5.32 Å². The molecule has 0 rings (SSSR count). The Bertz CT molecular complexity index is 749. The van der Waals surface area contributed by atoms with Gasteiger partial charge in [0.15, 0.2) is 0 Å². The van der Waals surface area contributed by atoms with E-state index in [1.165, 1.54) is 0 Å². The Morgan fingerprint density at radius 3 is 1.28 bits per heavy atom. The second-order valence-corrected chi connectivity index (χ2v) is 8.02. The molecule has 0 aliphatic carbocycles. The fourth-order valence-electron chi connectivity index (χ4n) is 2.52. The highest BCUT2D eigenvalue weighted by Crippen LogP contribution is 2.64. The molecule has 0 saturated heterocycles. The molecule has 0 unspecified atom stereocenters. The molecule has 0 heterocycles. The maximum atomic E-state index is 13.7. The van der Waals surface area contributed by atoms with E-state index in [2.05, 4.69) is 11.6 Å². The van der Waals surface area contributed by atoms with Gasteiger partial charge < -0.3 is 5.32 Å². The fourth-order valence-corrected chi connectivity index (χ4v) is 2.64. The summed E-state index contributed by atoms with van der Waals surface area (Å²) in [6.07, 6.45) is 2.52. The van der Waals surface area contributed by atoms with E-state index in [1.807, 2.05) is 6.92 Å². The highest BCUT2D eigenvalue weighted by Gasteiger charge is 2.95. The van der Waals surface area contributed by atoms with E-state index in [9.17, 15) is 75.0 Å². The van der Waals surface area contributed by atoms with Crippen molar-refractivity contribution in [3.05, 3.63) is 0 Å². The van der Waals surface area contributed by atoms with Crippen LogP contribution >= 0.6 is 11.6 Å². The second kappa shape index (κ2) is 10.8. The van der Waals surface area contributed by atoms with Crippen molar-refractivity contribution in [2.45, 2.75) is 92.3 Å². The number of carbonyl (C=O) groups excluding carboxylic acids is 1. The number of amides is 1. The molecule has 0 saturated carbocycles. The summed E-state index contributed by atoms with van der Waals surface area (Å²) in [5.41, 5.74) is 0. The Hall–Kier alpha value is -1.36. The van der Waals surface area contributed by atoms with Gasteiger partial charge in [0, 0.05) is 6.54 Å². The summed E-state index contributed by atoms with van der Waals surface area (Å²) >= 11 is 3.43. The SMILES string of the molecule is CCCCCCCCNC(=O)C(F)(F)C(F)(F)C(F)(F)C(F)(F)C(F)(F)C(F)(F)C(F)(F)C(F)(F)Cl. The van der Waals surface area contributed by atoms with E-state index in [1.54, 1.807) is 0 Å². The van der Waals surface area contributed by atoms with Crippen LogP contribution in [0, 0.1) is 0 Å². The monoisotopic (exact) mass is 591 g/mol. The van der Waals surface area contributed by atoms with Crippen LogP contribution in [0.3, 0.4) is 0 Å². The number of nitrogens with one attached hydrogen (secondary N) is 1. The van der Waals surface area contributed by atoms with E-state index >= 15 is 0 Å². The number of alkyl halides is 17. The second-order valence-electron chi connectivity index (χ2n) is 7.54. The maximum Gasteiger partial charge on any atom is 0.393 e. The molecule has 19 heteroatoms. The minimum absolute atomic E-state index is 0.178. The van der Waals surface area contributed by atoms with Crippen LogP contribution in [0.15, 0.2) is 0 Å². The lowest BCUT2D eigenvalue weighted by molar-refractivity contribution is -0.446. The third-order valence-electron chi connectivity index (χ3n) is 4.82. The van der Waals surface area contributed by atoms with Gasteiger partial charge in [-0.2, -0.15) is 70.2 Å². The van der Waals surface area contributed by atoms with Gasteiger partial charge in [0.25, 0.3) is 5.91 Å². The zero-order valence-electron chi connectivity index (χ0n) is 17.8. The Morgan fingerprint density at radius 1 is 0.556 bits per heavy atom. The number of hydrogen-bond donors (Lipinski definition) is 1. The van der Waals surface area contributed by atoms with Crippen LogP contribution < -0.4 is 5.32 Å². The number of rotatable bonds is 15. The van der Waals surface area contributed by atoms with E-state index in [0.29, 0.717) is 12.8 Å². The minimum Gasteiger partial charge on any atom is -0.351 e. The molecule has 0 fully saturated rings. The molecule has 216 valence electrons. The molecule has 0 atom stereocenters. The fraction of sp³-hybridized carbons (Fsp3) is 0.941. The number of halogens is 17. The van der Waals surface area contributed by atoms with Crippen molar-refractivity contribution >= 4 is 17.5 Å². The lowest BCUT2D eigenvalue weighted by Crippen LogP contribution is -2.75. The summed E-state index contributed by atoms with van der Waals surface area (Å²) in [5, 5.41) is -5.90. The summed E-state index contributed by atoms with van der Waals surface area (Å²) in [5.74, 6) is -60.0. The summed E-state index contributed by atoms with van der Waals surface area (Å²) in [6, 6.07) is 0. The molecule has 0 spiro atoms. The van der Waals surface area contributed by atoms with Crippen LogP contribution in [-0.4, -0.2) is 59.3 Å². The molecule has 0 aliphatic rings. The van der Waals surface area contributed by atoms with Gasteiger partial charge in [-0.05, 0) is 18.0 Å². The zero-order chi connectivity index (χ0) is 29.2. The van der Waals surface area contributed by atoms with Crippen molar-refractivity contribution in [2.75, 3.05) is 6.54 Å². The number of hydrogen-bond acceptors (Lipinski definition) is 1. The van der Waals surface area contributed by atoms with Crippen molar-refractivity contribution in [3.8, 4) is 0 Å². The van der Waals surface area contributed by atoms with E-state index in [0.717, 1.165) is 18.2 Å². The van der Waals surface area contributed by atoms with Crippen LogP contribution in [-0.2, 0) is 4.79 Å². The third kappa shape index (κ3) is 5.56. The van der Waals surface area contributed by atoms with Gasteiger partial charge in [-0.15, -0.1) is 0 Å². The highest BCUT2D eigenvalue weighted by molar-refractivity contribution is 6.22. The molecule has 1 N–H and O–H groups in total. The van der Waals surface area contributed by atoms with Gasteiger partial charge >= 0.3 is 46.8 Å². The summed E-state index contributed by atoms with van der Waals surface area (Å²) in [7, 11) is 0. The Morgan fingerprint density at radius 2 is 0.889 bits per heavy atom. The van der Waals surface area contributed by atoms with Crippen LogP contribution in [0.2, 0.25) is 0 Å². The normalized spacial score (nSPS) is 15.3. The first kappa shape index (κ1) is 34.6. The van der Waals surface area contributed by atoms with Crippen molar-refractivity contribution in [3.63, 3.8) is 0 Å². The van der Waals surface area contributed by atoms with Gasteiger partial charge in [0.1, 0.15) is 0 Å². The summed E-state index contributed by atoms with van der Waals surface area (Å²) in [4.78, 5) is 11.3. The van der Waals surface area contributed by atoms with Gasteiger partial charge in [-0.1, -0.05) is 39.0 Å². The Labute approximate surface area is 197 Å². The van der Waals surface area contributed by atoms with Gasteiger partial charge in [0.2, 0.25) is 0 Å². The molecule has 0 aromatic heterocycles. The smallest absolute Gasteiger partial charge is 0.351 e. The minimum atomic E-state index is -8.58. The van der Waals surface area contributed by atoms with Crippen molar-refractivity contribution in [1.29, 1.82) is 0 Å². The molecule has 0 aliphatic heterocycles. The van der Waals surface area contributed by atoms with Gasteiger partial charge in [-0.25, -0.2) is 0 Å². The zero-order valence-corrected chi connectivity index (χ0v) is 18.5. The topological polar surface area (TPSA) is 29.1 Å². The van der Waals surface area contributed by atoms with Crippen molar-refractivity contribution in [2.24, 2.45) is 0 Å². The van der Waals surface area contributed by atoms with Crippen LogP contribution in [0.5, 0.6) is 0 Å². The molecular formula is C17H18ClF16NO. The molecular weight excluding hydrogens is 574 g/mol. The largest absolute Gasteiger partial charge is 0.393 e. The molecule has 2 nitrogen and oxygen atoms in total. The van der Waals surface area contributed by atoms with E-state index < -0.39 is 59.3 Å². The Kier molecular flexibility index (Phi) is 10.4. The van der Waals surface area contributed by atoms with Crippen LogP contribution in [0.25, 0.3) is 0 Å². The average molecular weight is 592 g/mol. The maximum absolute atomic E-state index is 13.7. The lowest BCUT2D eigenvalue weighted by atomic mass is 9.89. The lowest BCUT2D eigenvalue weighted by Gasteiger charge is -2.42. The first-order chi connectivity index (χ1) is 15.7. The first-order valence-electron chi connectivity index (χ1n) is 9.73. The summed E-state index contributed by atoms with van der Waals surface area (Å²) < 4.78 is 214. The number of unbranched alkanes of at least 4 members (excludes halogenated alkanes) is 5. The first-order valence-corrected chi connectivity index (χ1v) is 10.1. The highest BCUT2D eigenvalue weighted by atomic mass is 35.5. The van der Waals surface area contributed by atoms with Crippen molar-refractivity contribution < 1.29 is 75.0 Å². The number of carbonyl (C=O) groups is 1. The van der Waals surface area contributed by atoms with Gasteiger partial charge in [-0.3, -0.25) is 4.79 Å². The molecule has 0 bridgehead atoms. The van der Waals surface area contributed by atoms with Gasteiger partial charge in [0.05, 0.1) is 0 Å². The third-order valence-corrected chi connectivity index (χ3v) is 5.06. The quantitative estimate of drug-likeness (QED) is 0.118. The van der Waals surface area contributed by atoms with Crippen LogP contribution in [0.4, 0.5) is 70.2 Å². The van der Waals surface area contributed by atoms with E-state index in [-0.39, 0.29) is 12.8 Å². The predicted octanol–water partition coefficient (Wildman–Crippen LogP) is 7.74.